The molecule has 1 aliphatic heterocycles. The number of amides is 1. The summed E-state index contributed by atoms with van der Waals surface area (Å²) in [5.74, 6) is 2.39. The van der Waals surface area contributed by atoms with E-state index in [1.165, 1.54) is 5.56 Å². The maximum absolute atomic E-state index is 12.5. The maximum atomic E-state index is 12.5. The van der Waals surface area contributed by atoms with Gasteiger partial charge < -0.3 is 9.64 Å². The van der Waals surface area contributed by atoms with Crippen LogP contribution in [0.4, 0.5) is 5.69 Å². The van der Waals surface area contributed by atoms with Crippen LogP contribution in [-0.4, -0.2) is 24.8 Å². The first-order valence-electron chi connectivity index (χ1n) is 7.96. The van der Waals surface area contributed by atoms with E-state index in [0.29, 0.717) is 12.4 Å². The smallest absolute Gasteiger partial charge is 0.237 e. The van der Waals surface area contributed by atoms with Gasteiger partial charge in [-0.1, -0.05) is 36.4 Å². The molecule has 3 rings (SSSR count). The van der Waals surface area contributed by atoms with Gasteiger partial charge >= 0.3 is 0 Å². The summed E-state index contributed by atoms with van der Waals surface area (Å²) in [5.41, 5.74) is 3.49. The van der Waals surface area contributed by atoms with Crippen LogP contribution >= 0.6 is 11.8 Å². The first-order valence-corrected chi connectivity index (χ1v) is 9.11. The molecule has 120 valence electrons. The average molecular weight is 327 g/mol. The summed E-state index contributed by atoms with van der Waals surface area (Å²) in [6.45, 7) is 3.44. The normalized spacial score (nSPS) is 13.0. The zero-order valence-corrected chi connectivity index (χ0v) is 14.1. The van der Waals surface area contributed by atoms with E-state index in [-0.39, 0.29) is 5.91 Å². The van der Waals surface area contributed by atoms with Gasteiger partial charge in [-0.2, -0.15) is 0 Å². The highest BCUT2D eigenvalue weighted by atomic mass is 32.2. The van der Waals surface area contributed by atoms with Gasteiger partial charge in [0.25, 0.3) is 0 Å². The molecule has 1 aliphatic rings. The lowest BCUT2D eigenvalue weighted by Gasteiger charge is -2.17. The third kappa shape index (κ3) is 3.70. The summed E-state index contributed by atoms with van der Waals surface area (Å²) in [6, 6.07) is 16.2. The lowest BCUT2D eigenvalue weighted by molar-refractivity contribution is -0.116. The molecule has 23 heavy (non-hydrogen) atoms. The van der Waals surface area contributed by atoms with Crippen molar-refractivity contribution in [2.45, 2.75) is 19.1 Å². The van der Waals surface area contributed by atoms with E-state index < -0.39 is 0 Å². The second-order valence-electron chi connectivity index (χ2n) is 5.46. The minimum atomic E-state index is 0.189. The molecule has 0 saturated carbocycles. The molecule has 0 aromatic heterocycles. The molecule has 0 saturated heterocycles. The van der Waals surface area contributed by atoms with Crippen LogP contribution < -0.4 is 9.64 Å². The van der Waals surface area contributed by atoms with E-state index in [1.54, 1.807) is 11.8 Å². The highest BCUT2D eigenvalue weighted by Crippen LogP contribution is 2.29. The van der Waals surface area contributed by atoms with Crippen LogP contribution in [0.25, 0.3) is 0 Å². The molecule has 0 fully saturated rings. The molecule has 4 heteroatoms. The van der Waals surface area contributed by atoms with Crippen LogP contribution in [0.1, 0.15) is 18.1 Å². The number of hydrogen-bond acceptors (Lipinski definition) is 3. The summed E-state index contributed by atoms with van der Waals surface area (Å²) in [4.78, 5) is 14.4. The van der Waals surface area contributed by atoms with E-state index in [2.05, 4.69) is 12.1 Å². The van der Waals surface area contributed by atoms with Crippen molar-refractivity contribution in [2.75, 3.05) is 23.8 Å². The Morgan fingerprint density at radius 3 is 2.83 bits per heavy atom. The number of benzene rings is 2. The molecule has 1 heterocycles. The Kier molecular flexibility index (Phi) is 5.23. The number of carbonyl (C=O) groups excluding carboxylic acids is 1. The van der Waals surface area contributed by atoms with Crippen molar-refractivity contribution in [3.63, 3.8) is 0 Å². The largest absolute Gasteiger partial charge is 0.494 e. The summed E-state index contributed by atoms with van der Waals surface area (Å²) < 4.78 is 5.63. The predicted molar refractivity (Wildman–Crippen MR) is 96.3 cm³/mol. The van der Waals surface area contributed by atoms with Crippen molar-refractivity contribution in [1.29, 1.82) is 0 Å². The van der Waals surface area contributed by atoms with Crippen LogP contribution in [-0.2, 0) is 17.0 Å². The second kappa shape index (κ2) is 7.55. The van der Waals surface area contributed by atoms with Gasteiger partial charge in [-0.15, -0.1) is 11.8 Å². The average Bonchev–Trinajstić information content (AvgIpc) is 3.01. The number of hydrogen-bond donors (Lipinski definition) is 0. The summed E-state index contributed by atoms with van der Waals surface area (Å²) in [5, 5.41) is 0. The Morgan fingerprint density at radius 1 is 1.17 bits per heavy atom. The van der Waals surface area contributed by atoms with Gasteiger partial charge in [0.2, 0.25) is 5.91 Å². The van der Waals surface area contributed by atoms with Crippen LogP contribution in [0, 0.1) is 0 Å². The molecule has 1 amide bonds. The monoisotopic (exact) mass is 327 g/mol. The first-order chi connectivity index (χ1) is 11.3. The molecule has 0 radical (unpaired) electrons. The Hall–Kier alpha value is -1.94. The predicted octanol–water partition coefficient (Wildman–Crippen LogP) is 3.91. The number of carbonyl (C=O) groups is 1. The van der Waals surface area contributed by atoms with Gasteiger partial charge in [-0.25, -0.2) is 0 Å². The van der Waals surface area contributed by atoms with Gasteiger partial charge in [0.15, 0.2) is 0 Å². The minimum Gasteiger partial charge on any atom is -0.494 e. The van der Waals surface area contributed by atoms with Gasteiger partial charge in [0.1, 0.15) is 5.75 Å². The number of ether oxygens (including phenoxy) is 1. The van der Waals surface area contributed by atoms with Gasteiger partial charge in [0, 0.05) is 23.5 Å². The van der Waals surface area contributed by atoms with Crippen LogP contribution in [0.2, 0.25) is 0 Å². The third-order valence-electron chi connectivity index (χ3n) is 3.94. The summed E-state index contributed by atoms with van der Waals surface area (Å²) in [7, 11) is 0. The Bertz CT molecular complexity index is 687. The summed E-state index contributed by atoms with van der Waals surface area (Å²) >= 11 is 1.64. The molecule has 0 aliphatic carbocycles. The Balaban J connectivity index is 1.57. The van der Waals surface area contributed by atoms with Gasteiger partial charge in [0.05, 0.1) is 12.4 Å². The lowest BCUT2D eigenvalue weighted by Crippen LogP contribution is -2.30. The van der Waals surface area contributed by atoms with E-state index in [4.69, 9.17) is 4.74 Å². The van der Waals surface area contributed by atoms with Crippen LogP contribution in [0.3, 0.4) is 0 Å². The molecule has 2 aromatic rings. The SMILES string of the molecule is CCOc1ccccc1CSCC(=O)N1CCc2ccccc21. The van der Waals surface area contributed by atoms with E-state index in [9.17, 15) is 4.79 Å². The number of nitrogens with zero attached hydrogens (tertiary/aromatic N) is 1. The van der Waals surface area contributed by atoms with E-state index >= 15 is 0 Å². The minimum absolute atomic E-state index is 0.189. The molecule has 0 spiro atoms. The highest BCUT2D eigenvalue weighted by molar-refractivity contribution is 7.99. The molecule has 0 N–H and O–H groups in total. The maximum Gasteiger partial charge on any atom is 0.237 e. The number of fused-ring (bicyclic) bond motifs is 1. The van der Waals surface area contributed by atoms with Crippen LogP contribution in [0.5, 0.6) is 5.75 Å². The fourth-order valence-electron chi connectivity index (χ4n) is 2.84. The van der Waals surface area contributed by atoms with Crippen molar-refractivity contribution in [3.8, 4) is 5.75 Å². The van der Waals surface area contributed by atoms with Gasteiger partial charge in [-0.3, -0.25) is 4.79 Å². The zero-order chi connectivity index (χ0) is 16.1. The topological polar surface area (TPSA) is 29.5 Å². The number of para-hydroxylation sites is 2. The molecule has 0 atom stereocenters. The molecular formula is C19H21NO2S. The van der Waals surface area contributed by atoms with Crippen molar-refractivity contribution < 1.29 is 9.53 Å². The van der Waals surface area contributed by atoms with Crippen molar-refractivity contribution in [2.24, 2.45) is 0 Å². The zero-order valence-electron chi connectivity index (χ0n) is 13.3. The molecular weight excluding hydrogens is 306 g/mol. The fraction of sp³-hybridized carbons (Fsp3) is 0.316. The lowest BCUT2D eigenvalue weighted by atomic mass is 10.2. The quantitative estimate of drug-likeness (QED) is 0.806. The van der Waals surface area contributed by atoms with Crippen molar-refractivity contribution in [3.05, 3.63) is 59.7 Å². The molecule has 3 nitrogen and oxygen atoms in total. The van der Waals surface area contributed by atoms with Crippen molar-refractivity contribution in [1.82, 2.24) is 0 Å². The first kappa shape index (κ1) is 15.9. The Morgan fingerprint density at radius 2 is 1.96 bits per heavy atom. The number of anilines is 1. The van der Waals surface area contributed by atoms with E-state index in [1.807, 2.05) is 48.2 Å². The number of thioether (sulfide) groups is 1. The Labute approximate surface area is 141 Å². The standard InChI is InChI=1S/C19H21NO2S/c1-2-22-18-10-6-4-8-16(18)13-23-14-19(21)20-12-11-15-7-3-5-9-17(15)20/h3-10H,2,11-14H2,1H3. The fourth-order valence-corrected chi connectivity index (χ4v) is 3.73. The molecule has 2 aromatic carbocycles. The molecule has 0 bridgehead atoms. The van der Waals surface area contributed by atoms with E-state index in [0.717, 1.165) is 35.7 Å². The van der Waals surface area contributed by atoms with Crippen molar-refractivity contribution >= 4 is 23.4 Å². The van der Waals surface area contributed by atoms with Gasteiger partial charge in [-0.05, 0) is 31.0 Å². The highest BCUT2D eigenvalue weighted by Gasteiger charge is 2.23. The second-order valence-corrected chi connectivity index (χ2v) is 6.44. The number of rotatable bonds is 6. The van der Waals surface area contributed by atoms with Crippen LogP contribution in [0.15, 0.2) is 48.5 Å². The molecule has 0 unspecified atom stereocenters. The third-order valence-corrected chi connectivity index (χ3v) is 4.91. The summed E-state index contributed by atoms with van der Waals surface area (Å²) in [6.07, 6.45) is 0.958.